The van der Waals surface area contributed by atoms with Gasteiger partial charge in [0.1, 0.15) is 12.4 Å². The maximum atomic E-state index is 10.3. The third kappa shape index (κ3) is 6.31. The van der Waals surface area contributed by atoms with E-state index in [9.17, 15) is 5.11 Å². The number of aliphatic hydroxyl groups is 1. The van der Waals surface area contributed by atoms with Crippen molar-refractivity contribution in [3.63, 3.8) is 0 Å². The second-order valence-corrected chi connectivity index (χ2v) is 5.69. The molecule has 0 amide bonds. The number of hydrogen-bond donors (Lipinski definition) is 1. The molecule has 0 radical (unpaired) electrons. The van der Waals surface area contributed by atoms with E-state index in [0.29, 0.717) is 24.2 Å². The van der Waals surface area contributed by atoms with Gasteiger partial charge < -0.3 is 19.3 Å². The molecule has 1 unspecified atom stereocenters. The van der Waals surface area contributed by atoms with Gasteiger partial charge in [0.2, 0.25) is 0 Å². The molecule has 4 heteroatoms. The topological polar surface area (TPSA) is 47.9 Å². The minimum Gasteiger partial charge on any atom is -0.493 e. The predicted octanol–water partition coefficient (Wildman–Crippen LogP) is 4.16. The average Bonchev–Trinajstić information content (AvgIpc) is 2.66. The highest BCUT2D eigenvalue weighted by atomic mass is 16.5. The molecule has 2 rings (SSSR count). The lowest BCUT2D eigenvalue weighted by Crippen LogP contribution is -2.17. The Balaban J connectivity index is 1.97. The Morgan fingerprint density at radius 1 is 1.08 bits per heavy atom. The smallest absolute Gasteiger partial charge is 0.160 e. The normalized spacial score (nSPS) is 18.2. The summed E-state index contributed by atoms with van der Waals surface area (Å²) in [7, 11) is -5.58. The molecule has 2 aromatic carbocycles. The molecule has 4 nitrogen and oxygen atoms in total. The van der Waals surface area contributed by atoms with Crippen LogP contribution in [0.1, 0.15) is 41.3 Å². The number of rotatable bonds is 10. The van der Waals surface area contributed by atoms with Gasteiger partial charge >= 0.3 is 0 Å². The molecule has 136 valence electrons. The molecule has 0 fully saturated rings. The van der Waals surface area contributed by atoms with Crippen molar-refractivity contribution in [2.45, 2.75) is 38.7 Å². The molecule has 1 atom stereocenters. The van der Waals surface area contributed by atoms with Gasteiger partial charge in [-0.25, -0.2) is 0 Å². The predicted molar refractivity (Wildman–Crippen MR) is 99.8 cm³/mol. The molecule has 0 saturated heterocycles. The highest BCUT2D eigenvalue weighted by Gasteiger charge is 2.07. The van der Waals surface area contributed by atoms with Gasteiger partial charge in [0, 0.05) is 2.74 Å². The number of ether oxygens (including phenoxy) is 3. The molecule has 0 saturated carbocycles. The number of benzene rings is 2. The summed E-state index contributed by atoms with van der Waals surface area (Å²) in [5.74, 6) is 0.0816. The van der Waals surface area contributed by atoms with Crippen LogP contribution in [0.3, 0.4) is 0 Å². The molecule has 0 heterocycles. The van der Waals surface area contributed by atoms with E-state index in [-0.39, 0.29) is 24.5 Å². The molecule has 0 aliphatic heterocycles. The van der Waals surface area contributed by atoms with Gasteiger partial charge in [0.25, 0.3) is 0 Å². The maximum Gasteiger partial charge on any atom is 0.160 e. The summed E-state index contributed by atoms with van der Waals surface area (Å²) in [6, 6.07) is 11.5. The van der Waals surface area contributed by atoms with Gasteiger partial charge in [-0.1, -0.05) is 24.6 Å². The monoisotopic (exact) mass is 352 g/mol. The van der Waals surface area contributed by atoms with E-state index in [1.54, 1.807) is 18.2 Å². The molecule has 0 spiro atoms. The van der Waals surface area contributed by atoms with Crippen molar-refractivity contribution in [2.24, 2.45) is 0 Å². The van der Waals surface area contributed by atoms with Gasteiger partial charge in [-0.05, 0) is 61.5 Å². The molecule has 2 aromatic rings. The molecule has 25 heavy (non-hydrogen) atoms. The standard InChI is InChI=1S/C21H28O4/c1-16-7-6-10-19(13-16)25-15-18(22)9-5-4-8-17-11-12-20(23-2)21(14-17)24-3/h6-7,10-14,18,22H,4-5,8-9,15H2,1-3H3/i2D3,3D3,9D2. The zero-order valence-corrected chi connectivity index (χ0v) is 14.1. The van der Waals surface area contributed by atoms with Crippen LogP contribution in [0.4, 0.5) is 0 Å². The van der Waals surface area contributed by atoms with Crippen molar-refractivity contribution in [1.82, 2.24) is 0 Å². The molecule has 0 aromatic heterocycles. The van der Waals surface area contributed by atoms with E-state index >= 15 is 0 Å². The zero-order chi connectivity index (χ0) is 24.9. The SMILES string of the molecule is [2H]C([2H])([2H])Oc1ccc(CCCC([2H])([2H])C(O)COc2cccc(C)c2)cc1OC([2H])([2H])[2H]. The highest BCUT2D eigenvalue weighted by Crippen LogP contribution is 2.28. The van der Waals surface area contributed by atoms with E-state index in [4.69, 9.17) is 25.2 Å². The third-order valence-electron chi connectivity index (χ3n) is 3.65. The van der Waals surface area contributed by atoms with Gasteiger partial charge in [-0.15, -0.1) is 0 Å². The summed E-state index contributed by atoms with van der Waals surface area (Å²) in [6.45, 7) is 1.70. The molecular weight excluding hydrogens is 316 g/mol. The van der Waals surface area contributed by atoms with Gasteiger partial charge in [-0.2, -0.15) is 0 Å². The van der Waals surface area contributed by atoms with Gasteiger partial charge in [0.15, 0.2) is 11.5 Å². The number of methoxy groups -OCH3 is 2. The van der Waals surface area contributed by atoms with E-state index in [2.05, 4.69) is 0 Å². The minimum absolute atomic E-state index is 0.0222. The van der Waals surface area contributed by atoms with Crippen LogP contribution in [0, 0.1) is 6.92 Å². The lowest BCUT2D eigenvalue weighted by molar-refractivity contribution is 0.0976. The summed E-state index contributed by atoms with van der Waals surface area (Å²) in [6.07, 6.45) is -2.56. The van der Waals surface area contributed by atoms with E-state index in [1.807, 2.05) is 19.1 Å². The van der Waals surface area contributed by atoms with Crippen LogP contribution in [0.15, 0.2) is 42.5 Å². The van der Waals surface area contributed by atoms with Gasteiger partial charge in [-0.3, -0.25) is 0 Å². The molecule has 0 aliphatic rings. The highest BCUT2D eigenvalue weighted by molar-refractivity contribution is 5.42. The first-order valence-electron chi connectivity index (χ1n) is 12.0. The Labute approximate surface area is 161 Å². The fraction of sp³-hybridized carbons (Fsp3) is 0.429. The molecule has 1 N–H and O–H groups in total. The van der Waals surface area contributed by atoms with Crippen LogP contribution >= 0.6 is 0 Å². The summed E-state index contributed by atoms with van der Waals surface area (Å²) in [5.41, 5.74) is 1.59. The lowest BCUT2D eigenvalue weighted by atomic mass is 10.0. The van der Waals surface area contributed by atoms with Crippen LogP contribution in [-0.2, 0) is 6.42 Å². The molecular formula is C21H28O4. The van der Waals surface area contributed by atoms with E-state index < -0.39 is 26.6 Å². The summed E-state index contributed by atoms with van der Waals surface area (Å²) < 4.78 is 74.9. The fourth-order valence-corrected chi connectivity index (χ4v) is 2.37. The van der Waals surface area contributed by atoms with Crippen molar-refractivity contribution in [3.05, 3.63) is 53.6 Å². The summed E-state index contributed by atoms with van der Waals surface area (Å²) in [5, 5.41) is 10.3. The second-order valence-electron chi connectivity index (χ2n) is 5.69. The Morgan fingerprint density at radius 3 is 2.72 bits per heavy atom. The van der Waals surface area contributed by atoms with Crippen molar-refractivity contribution in [2.75, 3.05) is 20.7 Å². The Bertz CT molecular complexity index is 912. The van der Waals surface area contributed by atoms with Gasteiger partial charge in [0.05, 0.1) is 28.4 Å². The Kier molecular flexibility index (Phi) is 4.26. The van der Waals surface area contributed by atoms with Crippen LogP contribution in [-0.4, -0.2) is 31.9 Å². The van der Waals surface area contributed by atoms with Crippen LogP contribution in [0.2, 0.25) is 0 Å². The fourth-order valence-electron chi connectivity index (χ4n) is 2.37. The Morgan fingerprint density at radius 2 is 1.92 bits per heavy atom. The number of aryl methyl sites for hydroxylation is 2. The third-order valence-corrected chi connectivity index (χ3v) is 3.65. The maximum absolute atomic E-state index is 10.3. The Hall–Kier alpha value is -2.20. The largest absolute Gasteiger partial charge is 0.493 e. The second kappa shape index (κ2) is 9.94. The summed E-state index contributed by atoms with van der Waals surface area (Å²) in [4.78, 5) is 0. The average molecular weight is 352 g/mol. The number of aliphatic hydroxyl groups excluding tert-OH is 1. The van der Waals surface area contributed by atoms with Crippen molar-refractivity contribution in [3.8, 4) is 17.2 Å². The van der Waals surface area contributed by atoms with E-state index in [1.165, 1.54) is 12.1 Å². The van der Waals surface area contributed by atoms with Crippen molar-refractivity contribution >= 4 is 0 Å². The first-order chi connectivity index (χ1) is 15.1. The van der Waals surface area contributed by atoms with Crippen LogP contribution in [0.5, 0.6) is 17.2 Å². The minimum atomic E-state index is -2.80. The van der Waals surface area contributed by atoms with E-state index in [0.717, 1.165) is 5.56 Å². The van der Waals surface area contributed by atoms with Crippen molar-refractivity contribution in [1.29, 1.82) is 0 Å². The molecule has 0 aliphatic carbocycles. The zero-order valence-electron chi connectivity index (χ0n) is 22.1. The van der Waals surface area contributed by atoms with Crippen LogP contribution < -0.4 is 14.2 Å². The molecule has 0 bridgehead atoms. The lowest BCUT2D eigenvalue weighted by Gasteiger charge is -2.13. The first-order valence-corrected chi connectivity index (χ1v) is 8.03. The summed E-state index contributed by atoms with van der Waals surface area (Å²) >= 11 is 0. The van der Waals surface area contributed by atoms with Crippen molar-refractivity contribution < 1.29 is 30.3 Å². The van der Waals surface area contributed by atoms with Crippen LogP contribution in [0.25, 0.3) is 0 Å². The number of hydrogen-bond acceptors (Lipinski definition) is 4. The first kappa shape index (κ1) is 10.7. The quantitative estimate of drug-likeness (QED) is 0.697.